The summed E-state index contributed by atoms with van der Waals surface area (Å²) in [7, 11) is 1.31. The molecule has 2 heterocycles. The highest BCUT2D eigenvalue weighted by Gasteiger charge is 2.20. The largest absolute Gasteiger partial charge is 0.465 e. The highest BCUT2D eigenvalue weighted by molar-refractivity contribution is 7.18. The second-order valence-corrected chi connectivity index (χ2v) is 6.64. The van der Waals surface area contributed by atoms with Crippen LogP contribution in [-0.4, -0.2) is 28.0 Å². The topological polar surface area (TPSA) is 79.9 Å². The first-order valence-corrected chi connectivity index (χ1v) is 8.93. The third kappa shape index (κ3) is 3.83. The molecular weight excluding hydrogens is 360 g/mol. The number of carbonyl (C=O) groups excluding carboxylic acids is 1. The molecule has 3 rings (SSSR count). The quantitative estimate of drug-likeness (QED) is 0.617. The second-order valence-electron chi connectivity index (χ2n) is 5.28. The number of carbonyl (C=O) groups is 1. The van der Waals surface area contributed by atoms with Crippen molar-refractivity contribution in [2.75, 3.05) is 12.4 Å². The Morgan fingerprint density at radius 1 is 1.40 bits per heavy atom. The maximum Gasteiger partial charge on any atom is 0.351 e. The van der Waals surface area contributed by atoms with Gasteiger partial charge in [0.1, 0.15) is 5.82 Å². The molecule has 2 N–H and O–H groups in total. The van der Waals surface area contributed by atoms with E-state index in [1.165, 1.54) is 7.11 Å². The fourth-order valence-corrected chi connectivity index (χ4v) is 3.53. The zero-order chi connectivity index (χ0) is 17.8. The molecule has 0 spiro atoms. The van der Waals surface area contributed by atoms with E-state index in [9.17, 15) is 4.79 Å². The average Bonchev–Trinajstić information content (AvgIpc) is 3.26. The van der Waals surface area contributed by atoms with E-state index < -0.39 is 5.97 Å². The van der Waals surface area contributed by atoms with Gasteiger partial charge < -0.3 is 15.0 Å². The van der Waals surface area contributed by atoms with Crippen LogP contribution in [0.5, 0.6) is 0 Å². The van der Waals surface area contributed by atoms with Crippen LogP contribution in [0.1, 0.15) is 34.9 Å². The Kier molecular flexibility index (Phi) is 5.35. The van der Waals surface area contributed by atoms with Crippen molar-refractivity contribution >= 4 is 34.0 Å². The molecule has 0 saturated carbocycles. The number of halogens is 1. The molecule has 0 radical (unpaired) electrons. The van der Waals surface area contributed by atoms with Crippen molar-refractivity contribution in [1.29, 1.82) is 0 Å². The number of H-pyrrole nitrogens is 1. The van der Waals surface area contributed by atoms with Crippen LogP contribution >= 0.6 is 22.9 Å². The second kappa shape index (κ2) is 7.67. The summed E-state index contributed by atoms with van der Waals surface area (Å²) in [6.45, 7) is 2.04. The molecule has 0 aliphatic heterocycles. The molecule has 0 bridgehead atoms. The van der Waals surface area contributed by atoms with Gasteiger partial charge in [-0.3, -0.25) is 0 Å². The summed E-state index contributed by atoms with van der Waals surface area (Å²) >= 11 is 7.17. The Morgan fingerprint density at radius 3 is 2.84 bits per heavy atom. The van der Waals surface area contributed by atoms with Crippen LogP contribution in [0.2, 0.25) is 5.15 Å². The van der Waals surface area contributed by atoms with Gasteiger partial charge in [0.25, 0.3) is 0 Å². The monoisotopic (exact) mass is 376 g/mol. The Morgan fingerprint density at radius 2 is 2.16 bits per heavy atom. The minimum atomic E-state index is -0.493. The molecule has 0 fully saturated rings. The third-order valence-corrected chi connectivity index (χ3v) is 5.03. The van der Waals surface area contributed by atoms with Crippen LogP contribution in [0.3, 0.4) is 0 Å². The molecular formula is C17H17ClN4O2S. The van der Waals surface area contributed by atoms with Gasteiger partial charge in [0, 0.05) is 0 Å². The maximum atomic E-state index is 11.7. The molecule has 8 heteroatoms. The number of thiazole rings is 1. The molecule has 0 saturated heterocycles. The fourth-order valence-electron chi connectivity index (χ4n) is 2.37. The number of hydrogen-bond donors (Lipinski definition) is 2. The van der Waals surface area contributed by atoms with Gasteiger partial charge in [-0.2, -0.15) is 0 Å². The Bertz CT molecular complexity index is 863. The van der Waals surface area contributed by atoms with E-state index in [-0.39, 0.29) is 16.1 Å². The summed E-state index contributed by atoms with van der Waals surface area (Å²) in [6, 6.07) is 9.91. The van der Waals surface area contributed by atoms with Crippen LogP contribution in [0, 0.1) is 0 Å². The number of methoxy groups -OCH3 is 1. The minimum Gasteiger partial charge on any atom is -0.465 e. The molecule has 6 nitrogen and oxygen atoms in total. The summed E-state index contributed by atoms with van der Waals surface area (Å²) in [5.74, 6) is 0.306. The van der Waals surface area contributed by atoms with Crippen molar-refractivity contribution in [3.8, 4) is 11.3 Å². The molecule has 1 atom stereocenters. The number of aromatic nitrogens is 3. The number of aromatic amines is 1. The lowest BCUT2D eigenvalue weighted by atomic mass is 10.2. The maximum absolute atomic E-state index is 11.7. The SMILES string of the molecule is CC[C@@H](Nc1nc(Cl)c(C(=O)OC)s1)c1ncc(-c2ccccc2)[nH]1. The molecule has 0 unspecified atom stereocenters. The standard InChI is InChI=1S/C17H17ClN4O2S/c1-3-11(21-17-22-14(18)13(25-17)16(23)24-2)15-19-9-12(20-15)10-7-5-4-6-8-10/h4-9,11H,3H2,1-2H3,(H,19,20)(H,21,22)/t11-/m1/s1. The molecule has 0 amide bonds. The van der Waals surface area contributed by atoms with Crippen molar-refractivity contribution in [3.63, 3.8) is 0 Å². The smallest absolute Gasteiger partial charge is 0.351 e. The van der Waals surface area contributed by atoms with E-state index in [1.807, 2.05) is 43.5 Å². The van der Waals surface area contributed by atoms with Crippen molar-refractivity contribution in [3.05, 3.63) is 52.4 Å². The lowest BCUT2D eigenvalue weighted by Crippen LogP contribution is -2.11. The summed E-state index contributed by atoms with van der Waals surface area (Å²) in [5, 5.41) is 3.96. The predicted octanol–water partition coefficient (Wildman–Crippen LogP) is 4.54. The number of hydrogen-bond acceptors (Lipinski definition) is 6. The number of rotatable bonds is 6. The molecule has 2 aromatic heterocycles. The summed E-state index contributed by atoms with van der Waals surface area (Å²) in [5.41, 5.74) is 2.02. The van der Waals surface area contributed by atoms with Crippen molar-refractivity contribution in [2.45, 2.75) is 19.4 Å². The number of anilines is 1. The van der Waals surface area contributed by atoms with Crippen LogP contribution in [0.4, 0.5) is 5.13 Å². The van der Waals surface area contributed by atoms with Gasteiger partial charge in [-0.05, 0) is 12.0 Å². The number of nitrogens with zero attached hydrogens (tertiary/aromatic N) is 2. The number of imidazole rings is 1. The molecule has 0 aliphatic rings. The normalized spacial score (nSPS) is 12.0. The van der Waals surface area contributed by atoms with Crippen molar-refractivity contribution in [1.82, 2.24) is 15.0 Å². The Labute approximate surface area is 154 Å². The lowest BCUT2D eigenvalue weighted by Gasteiger charge is -2.13. The molecule has 25 heavy (non-hydrogen) atoms. The van der Waals surface area contributed by atoms with E-state index in [2.05, 4.69) is 20.3 Å². The van der Waals surface area contributed by atoms with Crippen molar-refractivity contribution in [2.24, 2.45) is 0 Å². The fraction of sp³-hybridized carbons (Fsp3) is 0.235. The molecule has 1 aromatic carbocycles. The van der Waals surface area contributed by atoms with E-state index in [0.717, 1.165) is 34.8 Å². The Balaban J connectivity index is 1.80. The summed E-state index contributed by atoms with van der Waals surface area (Å²) < 4.78 is 4.70. The molecule has 3 aromatic rings. The minimum absolute atomic E-state index is 0.0785. The van der Waals surface area contributed by atoms with Gasteiger partial charge in [0.05, 0.1) is 25.0 Å². The third-order valence-electron chi connectivity index (χ3n) is 3.67. The van der Waals surface area contributed by atoms with Crippen molar-refractivity contribution < 1.29 is 9.53 Å². The first kappa shape index (κ1) is 17.4. The number of ether oxygens (including phenoxy) is 1. The van der Waals surface area contributed by atoms with Gasteiger partial charge >= 0.3 is 5.97 Å². The van der Waals surface area contributed by atoms with E-state index in [0.29, 0.717) is 5.13 Å². The van der Waals surface area contributed by atoms with Crippen LogP contribution in [-0.2, 0) is 4.74 Å². The summed E-state index contributed by atoms with van der Waals surface area (Å²) in [4.78, 5) is 23.9. The highest BCUT2D eigenvalue weighted by Crippen LogP contribution is 2.31. The van der Waals surface area contributed by atoms with Gasteiger partial charge in [-0.15, -0.1) is 0 Å². The van der Waals surface area contributed by atoms with Gasteiger partial charge in [0.15, 0.2) is 15.2 Å². The number of esters is 1. The number of benzene rings is 1. The van der Waals surface area contributed by atoms with Gasteiger partial charge in [-0.1, -0.05) is 60.2 Å². The predicted molar refractivity (Wildman–Crippen MR) is 99.1 cm³/mol. The van der Waals surface area contributed by atoms with Crippen LogP contribution in [0.25, 0.3) is 11.3 Å². The lowest BCUT2D eigenvalue weighted by molar-refractivity contribution is 0.0606. The highest BCUT2D eigenvalue weighted by atomic mass is 35.5. The first-order valence-electron chi connectivity index (χ1n) is 7.73. The zero-order valence-electron chi connectivity index (χ0n) is 13.7. The van der Waals surface area contributed by atoms with Gasteiger partial charge in [0.2, 0.25) is 0 Å². The van der Waals surface area contributed by atoms with Crippen LogP contribution in [0.15, 0.2) is 36.5 Å². The molecule has 130 valence electrons. The van der Waals surface area contributed by atoms with E-state index >= 15 is 0 Å². The summed E-state index contributed by atoms with van der Waals surface area (Å²) in [6.07, 6.45) is 2.59. The zero-order valence-corrected chi connectivity index (χ0v) is 15.3. The average molecular weight is 377 g/mol. The first-order chi connectivity index (χ1) is 12.1. The number of nitrogens with one attached hydrogen (secondary N) is 2. The Hall–Kier alpha value is -2.38. The van der Waals surface area contributed by atoms with Gasteiger partial charge in [-0.25, -0.2) is 14.8 Å². The molecule has 0 aliphatic carbocycles. The van der Waals surface area contributed by atoms with Crippen LogP contribution < -0.4 is 5.32 Å². The van der Waals surface area contributed by atoms with E-state index in [4.69, 9.17) is 16.3 Å². The van der Waals surface area contributed by atoms with E-state index in [1.54, 1.807) is 0 Å².